The van der Waals surface area contributed by atoms with Crippen LogP contribution in [0.3, 0.4) is 0 Å². The summed E-state index contributed by atoms with van der Waals surface area (Å²) in [6, 6.07) is 20.4. The van der Waals surface area contributed by atoms with Gasteiger partial charge in [-0.2, -0.15) is 4.68 Å². The number of methoxy groups -OCH3 is 1. The molecule has 41 heavy (non-hydrogen) atoms. The van der Waals surface area contributed by atoms with E-state index in [0.717, 1.165) is 58.4 Å². The summed E-state index contributed by atoms with van der Waals surface area (Å²) in [5.74, 6) is 1.27. The van der Waals surface area contributed by atoms with Crippen LogP contribution >= 0.6 is 15.9 Å². The van der Waals surface area contributed by atoms with Crippen LogP contribution in [0.4, 0.5) is 0 Å². The van der Waals surface area contributed by atoms with Gasteiger partial charge in [-0.15, -0.1) is 5.10 Å². The first-order valence-corrected chi connectivity index (χ1v) is 14.6. The summed E-state index contributed by atoms with van der Waals surface area (Å²) in [5.41, 5.74) is 6.41. The van der Waals surface area contributed by atoms with Crippen LogP contribution in [0.25, 0.3) is 33.5 Å². The van der Waals surface area contributed by atoms with Crippen LogP contribution in [0, 0.1) is 0 Å². The molecule has 2 aromatic heterocycles. The van der Waals surface area contributed by atoms with Crippen molar-refractivity contribution in [3.8, 4) is 22.5 Å². The lowest BCUT2D eigenvalue weighted by atomic mass is 9.98. The number of imidazole rings is 1. The summed E-state index contributed by atoms with van der Waals surface area (Å²) in [6.07, 6.45) is 2.68. The van der Waals surface area contributed by atoms with E-state index in [-0.39, 0.29) is 12.2 Å². The molecule has 9 nitrogen and oxygen atoms in total. The monoisotopic (exact) mass is 616 g/mol. The van der Waals surface area contributed by atoms with Crippen LogP contribution in [0.1, 0.15) is 61.6 Å². The lowest BCUT2D eigenvalue weighted by Crippen LogP contribution is -2.12. The topological polar surface area (TPSA) is 97.0 Å². The average molecular weight is 618 g/mol. The molecule has 0 spiro atoms. The molecule has 212 valence electrons. The van der Waals surface area contributed by atoms with Gasteiger partial charge in [0.05, 0.1) is 23.7 Å². The second-order valence-corrected chi connectivity index (χ2v) is 10.6. The first-order chi connectivity index (χ1) is 19.9. The third-order valence-electron chi connectivity index (χ3n) is 7.09. The number of unbranched alkanes of at least 4 members (excludes halogenated alkanes) is 1. The summed E-state index contributed by atoms with van der Waals surface area (Å²) >= 11 is 3.56. The summed E-state index contributed by atoms with van der Waals surface area (Å²) in [5, 5.41) is 12.4. The zero-order valence-corrected chi connectivity index (χ0v) is 25.3. The maximum Gasteiger partial charge on any atom is 0.339 e. The van der Waals surface area contributed by atoms with Crippen LogP contribution in [0.5, 0.6) is 0 Å². The fourth-order valence-corrected chi connectivity index (χ4v) is 5.49. The number of hydrogen-bond donors (Lipinski definition) is 0. The number of halogens is 1. The molecular weight excluding hydrogens is 584 g/mol. The Kier molecular flexibility index (Phi) is 8.90. The van der Waals surface area contributed by atoms with Gasteiger partial charge in [0.15, 0.2) is 12.1 Å². The Morgan fingerprint density at radius 3 is 2.51 bits per heavy atom. The van der Waals surface area contributed by atoms with E-state index in [9.17, 15) is 4.79 Å². The second kappa shape index (κ2) is 12.7. The van der Waals surface area contributed by atoms with Crippen molar-refractivity contribution in [2.45, 2.75) is 52.8 Å². The average Bonchev–Trinajstić information content (AvgIpc) is 3.61. The van der Waals surface area contributed by atoms with E-state index in [1.807, 2.05) is 38.1 Å². The molecule has 1 atom stereocenters. The minimum absolute atomic E-state index is 0.281. The van der Waals surface area contributed by atoms with Gasteiger partial charge in [0, 0.05) is 29.6 Å². The number of nitrogens with zero attached hydrogens (tertiary/aromatic N) is 6. The van der Waals surface area contributed by atoms with Crippen molar-refractivity contribution in [3.05, 3.63) is 82.1 Å². The van der Waals surface area contributed by atoms with E-state index < -0.39 is 0 Å². The van der Waals surface area contributed by atoms with Gasteiger partial charge in [-0.3, -0.25) is 0 Å². The minimum atomic E-state index is -0.388. The number of aromatic nitrogens is 6. The van der Waals surface area contributed by atoms with Crippen LogP contribution < -0.4 is 0 Å². The van der Waals surface area contributed by atoms with Crippen molar-refractivity contribution >= 4 is 32.9 Å². The largest absolute Gasteiger partial charge is 0.465 e. The highest BCUT2D eigenvalue weighted by Gasteiger charge is 2.19. The third-order valence-corrected chi connectivity index (χ3v) is 7.75. The van der Waals surface area contributed by atoms with E-state index in [2.05, 4.69) is 73.3 Å². The number of hydrogen-bond acceptors (Lipinski definition) is 7. The molecule has 0 radical (unpaired) electrons. The number of tetrazole rings is 1. The van der Waals surface area contributed by atoms with Crippen molar-refractivity contribution in [3.63, 3.8) is 0 Å². The fraction of sp³-hybridized carbons (Fsp3) is 0.323. The molecule has 0 fully saturated rings. The normalized spacial score (nSPS) is 12.1. The zero-order valence-electron chi connectivity index (χ0n) is 23.7. The Labute approximate surface area is 247 Å². The molecule has 10 heteroatoms. The highest BCUT2D eigenvalue weighted by molar-refractivity contribution is 9.10. The number of ether oxygens (including phenoxy) is 2. The smallest absolute Gasteiger partial charge is 0.339 e. The maximum atomic E-state index is 12.3. The Bertz CT molecular complexity index is 1660. The van der Waals surface area contributed by atoms with Crippen LogP contribution in [0.2, 0.25) is 0 Å². The molecule has 0 saturated heterocycles. The van der Waals surface area contributed by atoms with Crippen molar-refractivity contribution in [1.29, 1.82) is 0 Å². The van der Waals surface area contributed by atoms with Gasteiger partial charge in [-0.1, -0.05) is 61.9 Å². The maximum absolute atomic E-state index is 12.3. The molecule has 0 N–H and O–H groups in total. The van der Waals surface area contributed by atoms with Gasteiger partial charge in [-0.05, 0) is 75.4 Å². The standard InChI is InChI=1S/C31H33BrN6O3/c1-5-7-12-29-33-27-17-25(31(39)40-4)26(32)18-28(27)37(29)19-21-13-15-22(16-14-21)23-10-8-9-11-24(23)30-34-35-36-38(30)20(3)41-6-2/h8-11,13-18,20H,5-7,12,19H2,1-4H3. The molecule has 0 aliphatic heterocycles. The molecule has 0 saturated carbocycles. The van der Waals surface area contributed by atoms with E-state index in [0.29, 0.717) is 29.0 Å². The Balaban J connectivity index is 1.48. The predicted molar refractivity (Wildman–Crippen MR) is 162 cm³/mol. The second-order valence-electron chi connectivity index (χ2n) is 9.77. The Morgan fingerprint density at radius 1 is 1.05 bits per heavy atom. The van der Waals surface area contributed by atoms with Crippen molar-refractivity contribution < 1.29 is 14.3 Å². The molecule has 0 bridgehead atoms. The SMILES string of the molecule is CCCCc1nc2cc(C(=O)OC)c(Br)cc2n1Cc1ccc(-c2ccccc2-c2nnnn2C(C)OCC)cc1. The van der Waals surface area contributed by atoms with Gasteiger partial charge in [0.2, 0.25) is 0 Å². The molecule has 0 aliphatic carbocycles. The predicted octanol–water partition coefficient (Wildman–Crippen LogP) is 6.85. The molecule has 0 aliphatic rings. The quantitative estimate of drug-likeness (QED) is 0.150. The van der Waals surface area contributed by atoms with E-state index in [1.54, 1.807) is 10.7 Å². The van der Waals surface area contributed by atoms with Gasteiger partial charge in [-0.25, -0.2) is 9.78 Å². The summed E-state index contributed by atoms with van der Waals surface area (Å²) in [6.45, 7) is 7.29. The Morgan fingerprint density at radius 2 is 1.80 bits per heavy atom. The molecule has 2 heterocycles. The number of aryl methyl sites for hydroxylation is 1. The molecule has 1 unspecified atom stereocenters. The van der Waals surface area contributed by atoms with Crippen molar-refractivity contribution in [2.75, 3.05) is 13.7 Å². The zero-order chi connectivity index (χ0) is 28.9. The van der Waals surface area contributed by atoms with E-state index >= 15 is 0 Å². The van der Waals surface area contributed by atoms with Gasteiger partial charge < -0.3 is 14.0 Å². The molecule has 3 aromatic carbocycles. The van der Waals surface area contributed by atoms with Gasteiger partial charge in [0.25, 0.3) is 0 Å². The lowest BCUT2D eigenvalue weighted by molar-refractivity contribution is 0.0159. The molecule has 5 rings (SSSR count). The van der Waals surface area contributed by atoms with Crippen molar-refractivity contribution in [2.24, 2.45) is 0 Å². The Hall–Kier alpha value is -3.89. The summed E-state index contributed by atoms with van der Waals surface area (Å²) in [4.78, 5) is 17.2. The van der Waals surface area contributed by atoms with Crippen LogP contribution in [0.15, 0.2) is 65.1 Å². The van der Waals surface area contributed by atoms with Gasteiger partial charge in [0.1, 0.15) is 5.82 Å². The van der Waals surface area contributed by atoms with E-state index in [4.69, 9.17) is 14.5 Å². The number of esters is 1. The highest BCUT2D eigenvalue weighted by Crippen LogP contribution is 2.32. The lowest BCUT2D eigenvalue weighted by Gasteiger charge is -2.15. The fourth-order valence-electron chi connectivity index (χ4n) is 4.99. The number of fused-ring (bicyclic) bond motifs is 1. The molecular formula is C31H33BrN6O3. The van der Waals surface area contributed by atoms with Gasteiger partial charge >= 0.3 is 5.97 Å². The number of carbonyl (C=O) groups excluding carboxylic acids is 1. The summed E-state index contributed by atoms with van der Waals surface area (Å²) in [7, 11) is 1.38. The van der Waals surface area contributed by atoms with Crippen LogP contribution in [-0.4, -0.2) is 49.4 Å². The van der Waals surface area contributed by atoms with E-state index in [1.165, 1.54) is 7.11 Å². The molecule has 0 amide bonds. The third kappa shape index (κ3) is 5.94. The minimum Gasteiger partial charge on any atom is -0.465 e. The molecule has 5 aromatic rings. The van der Waals surface area contributed by atoms with Crippen LogP contribution in [-0.2, 0) is 22.4 Å². The number of benzene rings is 3. The first-order valence-electron chi connectivity index (χ1n) is 13.8. The number of rotatable bonds is 11. The van der Waals surface area contributed by atoms with Crippen molar-refractivity contribution in [1.82, 2.24) is 29.8 Å². The summed E-state index contributed by atoms with van der Waals surface area (Å²) < 4.78 is 15.3. The first kappa shape index (κ1) is 28.6. The highest BCUT2D eigenvalue weighted by atomic mass is 79.9. The number of carbonyl (C=O) groups is 1.